The molecule has 0 amide bonds. The summed E-state index contributed by atoms with van der Waals surface area (Å²) in [5, 5.41) is 8.74. The van der Waals surface area contributed by atoms with Gasteiger partial charge >= 0.3 is 0 Å². The first kappa shape index (κ1) is 13.5. The molecule has 0 spiro atoms. The summed E-state index contributed by atoms with van der Waals surface area (Å²) in [6.45, 7) is 0. The zero-order valence-corrected chi connectivity index (χ0v) is 10.8. The highest BCUT2D eigenvalue weighted by Crippen LogP contribution is 2.23. The predicted octanol–water partition coefficient (Wildman–Crippen LogP) is 1.49. The topological polar surface area (TPSA) is 73.5 Å². The van der Waals surface area contributed by atoms with Crippen molar-refractivity contribution in [3.05, 3.63) is 28.8 Å². The van der Waals surface area contributed by atoms with E-state index >= 15 is 0 Å². The largest absolute Gasteiger partial charge is 0.368 e. The van der Waals surface area contributed by atoms with Gasteiger partial charge in [-0.3, -0.25) is 0 Å². The fourth-order valence-electron chi connectivity index (χ4n) is 0.984. The Labute approximate surface area is 105 Å². The fraction of sp³-hybridized carbons (Fsp3) is 0.200. The van der Waals surface area contributed by atoms with Crippen molar-refractivity contribution in [2.75, 3.05) is 14.1 Å². The smallest absolute Gasteiger partial charge is 0.285 e. The Kier molecular flexibility index (Phi) is 4.10. The van der Waals surface area contributed by atoms with Crippen LogP contribution in [0.15, 0.2) is 27.5 Å². The maximum Gasteiger partial charge on any atom is 0.285 e. The third-order valence-corrected chi connectivity index (χ3v) is 3.46. The molecule has 0 radical (unpaired) electrons. The van der Waals surface area contributed by atoms with Gasteiger partial charge in [-0.05, 0) is 18.2 Å². The number of benzene rings is 1. The Morgan fingerprint density at radius 3 is 2.65 bits per heavy atom. The maximum atomic E-state index is 11.8. The summed E-state index contributed by atoms with van der Waals surface area (Å²) in [5.41, 5.74) is 0.216. The molecule has 5 nitrogen and oxygen atoms in total. The van der Waals surface area contributed by atoms with Crippen LogP contribution in [0.1, 0.15) is 5.56 Å². The Morgan fingerprint density at radius 2 is 2.12 bits per heavy atom. The second kappa shape index (κ2) is 5.17. The highest BCUT2D eigenvalue weighted by molar-refractivity contribution is 7.90. The summed E-state index contributed by atoms with van der Waals surface area (Å²) in [6.07, 6.45) is 1.16. The van der Waals surface area contributed by atoms with Gasteiger partial charge in [-0.15, -0.1) is 4.40 Å². The van der Waals surface area contributed by atoms with E-state index in [1.165, 1.54) is 23.1 Å². The number of sulfonamides is 1. The van der Waals surface area contributed by atoms with Gasteiger partial charge < -0.3 is 4.90 Å². The van der Waals surface area contributed by atoms with Crippen LogP contribution in [0, 0.1) is 11.3 Å². The summed E-state index contributed by atoms with van der Waals surface area (Å²) in [7, 11) is -0.584. The molecule has 1 aromatic carbocycles. The Balaban J connectivity index is 3.29. The number of rotatable bonds is 3. The van der Waals surface area contributed by atoms with Crippen molar-refractivity contribution in [2.45, 2.75) is 4.90 Å². The van der Waals surface area contributed by atoms with Gasteiger partial charge in [0.05, 0.1) is 16.7 Å². The van der Waals surface area contributed by atoms with Crippen LogP contribution in [-0.4, -0.2) is 33.8 Å². The summed E-state index contributed by atoms with van der Waals surface area (Å²) in [6, 6.07) is 5.85. The van der Waals surface area contributed by atoms with Gasteiger partial charge in [-0.2, -0.15) is 13.7 Å². The van der Waals surface area contributed by atoms with E-state index in [0.717, 1.165) is 6.34 Å². The molecule has 0 fully saturated rings. The third kappa shape index (κ3) is 3.44. The third-order valence-electron chi connectivity index (χ3n) is 1.76. The summed E-state index contributed by atoms with van der Waals surface area (Å²) < 4.78 is 27.1. The maximum absolute atomic E-state index is 11.8. The van der Waals surface area contributed by atoms with Gasteiger partial charge in [0, 0.05) is 14.1 Å². The molecule has 0 bridgehead atoms. The molecule has 0 aliphatic carbocycles. The van der Waals surface area contributed by atoms with E-state index in [2.05, 4.69) is 4.40 Å². The number of nitriles is 1. The average molecular weight is 272 g/mol. The second-order valence-electron chi connectivity index (χ2n) is 3.42. The number of halogens is 1. The minimum Gasteiger partial charge on any atom is -0.368 e. The molecule has 1 aromatic rings. The minimum atomic E-state index is -3.87. The van der Waals surface area contributed by atoms with Crippen LogP contribution >= 0.6 is 11.6 Å². The van der Waals surface area contributed by atoms with Crippen molar-refractivity contribution >= 4 is 28.0 Å². The first-order valence-electron chi connectivity index (χ1n) is 4.53. The first-order valence-corrected chi connectivity index (χ1v) is 6.35. The fourth-order valence-corrected chi connectivity index (χ4v) is 2.41. The quantitative estimate of drug-likeness (QED) is 0.617. The molecule has 0 saturated heterocycles. The molecule has 1 rings (SSSR count). The lowest BCUT2D eigenvalue weighted by atomic mass is 10.2. The lowest BCUT2D eigenvalue weighted by molar-refractivity contribution is 0.595. The van der Waals surface area contributed by atoms with Crippen LogP contribution in [0.4, 0.5) is 0 Å². The standard InChI is InChI=1S/C10H10ClN3O2S/c1-14(2)7-13-17(15,16)10-5-8(6-12)3-4-9(10)11/h3-5,7H,1-2H3. The van der Waals surface area contributed by atoms with Gasteiger partial charge in [0.2, 0.25) is 0 Å². The average Bonchev–Trinajstić information content (AvgIpc) is 2.27. The van der Waals surface area contributed by atoms with Gasteiger partial charge in [0.1, 0.15) is 11.2 Å². The van der Waals surface area contributed by atoms with Crippen LogP contribution < -0.4 is 0 Å². The summed E-state index contributed by atoms with van der Waals surface area (Å²) in [5.74, 6) is 0. The molecular weight excluding hydrogens is 262 g/mol. The van der Waals surface area contributed by atoms with Gasteiger partial charge in [-0.1, -0.05) is 11.6 Å². The van der Waals surface area contributed by atoms with Crippen LogP contribution in [-0.2, 0) is 10.0 Å². The summed E-state index contributed by atoms with van der Waals surface area (Å²) >= 11 is 5.78. The van der Waals surface area contributed by atoms with Crippen molar-refractivity contribution in [3.8, 4) is 6.07 Å². The number of hydrogen-bond donors (Lipinski definition) is 0. The molecule has 0 unspecified atom stereocenters. The van der Waals surface area contributed by atoms with Crippen molar-refractivity contribution in [3.63, 3.8) is 0 Å². The number of nitrogens with zero attached hydrogens (tertiary/aromatic N) is 3. The van der Waals surface area contributed by atoms with E-state index < -0.39 is 10.0 Å². The Morgan fingerprint density at radius 1 is 1.47 bits per heavy atom. The van der Waals surface area contributed by atoms with Crippen LogP contribution in [0.2, 0.25) is 5.02 Å². The molecule has 0 aliphatic rings. The lowest BCUT2D eigenvalue weighted by Gasteiger charge is -2.04. The van der Waals surface area contributed by atoms with Gasteiger partial charge in [-0.25, -0.2) is 0 Å². The normalized spacial score (nSPS) is 11.4. The van der Waals surface area contributed by atoms with E-state index in [1.807, 2.05) is 6.07 Å². The van der Waals surface area contributed by atoms with Crippen molar-refractivity contribution in [1.29, 1.82) is 5.26 Å². The van der Waals surface area contributed by atoms with Gasteiger partial charge in [0.25, 0.3) is 10.0 Å². The van der Waals surface area contributed by atoms with E-state index in [-0.39, 0.29) is 15.5 Å². The molecule has 90 valence electrons. The molecule has 7 heteroatoms. The zero-order valence-electron chi connectivity index (χ0n) is 9.25. The van der Waals surface area contributed by atoms with Crippen molar-refractivity contribution in [2.24, 2.45) is 4.40 Å². The van der Waals surface area contributed by atoms with Crippen LogP contribution in [0.25, 0.3) is 0 Å². The molecule has 0 atom stereocenters. The predicted molar refractivity (Wildman–Crippen MR) is 65.5 cm³/mol. The minimum absolute atomic E-state index is 0.0416. The van der Waals surface area contributed by atoms with Crippen molar-refractivity contribution < 1.29 is 8.42 Å². The molecule has 17 heavy (non-hydrogen) atoms. The SMILES string of the molecule is CN(C)C=NS(=O)(=O)c1cc(C#N)ccc1Cl. The molecule has 0 heterocycles. The number of hydrogen-bond acceptors (Lipinski definition) is 3. The van der Waals surface area contributed by atoms with Crippen LogP contribution in [0.3, 0.4) is 0 Å². The second-order valence-corrected chi connectivity index (χ2v) is 5.42. The van der Waals surface area contributed by atoms with Crippen LogP contribution in [0.5, 0.6) is 0 Å². The van der Waals surface area contributed by atoms with Crippen molar-refractivity contribution in [1.82, 2.24) is 4.90 Å². The molecular formula is C10H10ClN3O2S. The molecule has 0 saturated carbocycles. The van der Waals surface area contributed by atoms with E-state index in [0.29, 0.717) is 0 Å². The Hall–Kier alpha value is -1.58. The Bertz CT molecular complexity index is 588. The lowest BCUT2D eigenvalue weighted by Crippen LogP contribution is -2.10. The highest BCUT2D eigenvalue weighted by Gasteiger charge is 2.17. The summed E-state index contributed by atoms with van der Waals surface area (Å²) in [4.78, 5) is 1.32. The molecule has 0 N–H and O–H groups in total. The zero-order chi connectivity index (χ0) is 13.1. The first-order chi connectivity index (χ1) is 7.86. The molecule has 0 aromatic heterocycles. The van der Waals surface area contributed by atoms with Gasteiger partial charge in [0.15, 0.2) is 0 Å². The highest BCUT2D eigenvalue weighted by atomic mass is 35.5. The van der Waals surface area contributed by atoms with E-state index in [9.17, 15) is 8.42 Å². The van der Waals surface area contributed by atoms with E-state index in [1.54, 1.807) is 14.1 Å². The monoisotopic (exact) mass is 271 g/mol. The molecule has 0 aliphatic heterocycles. The van der Waals surface area contributed by atoms with E-state index in [4.69, 9.17) is 16.9 Å².